The lowest BCUT2D eigenvalue weighted by Crippen LogP contribution is -2.49. The van der Waals surface area contributed by atoms with Crippen LogP contribution < -0.4 is 14.4 Å². The van der Waals surface area contributed by atoms with Crippen molar-refractivity contribution in [1.29, 1.82) is 0 Å². The average molecular weight is 436 g/mol. The molecule has 1 N–H and O–H groups in total. The van der Waals surface area contributed by atoms with Gasteiger partial charge in [-0.3, -0.25) is 19.2 Å². The molecule has 10 heteroatoms. The van der Waals surface area contributed by atoms with Gasteiger partial charge in [0.15, 0.2) is 0 Å². The number of rotatable bonds is 9. The third kappa shape index (κ3) is 5.26. The van der Waals surface area contributed by atoms with Gasteiger partial charge in [-0.15, -0.1) is 0 Å². The average Bonchev–Trinajstić information content (AvgIpc) is 2.70. The standard InChI is InChI=1S/C20H25N3O6S/c1-5-17(20(24)21-14(2)15-9-7-6-8-10-15)22(30(4,27)28)18-13-16(23(25)26)11-12-19(18)29-3/h6-14,17H,5H2,1-4H3,(H,21,24). The van der Waals surface area contributed by atoms with Gasteiger partial charge in [-0.1, -0.05) is 37.3 Å². The van der Waals surface area contributed by atoms with Crippen molar-refractivity contribution in [2.75, 3.05) is 17.7 Å². The van der Waals surface area contributed by atoms with Gasteiger partial charge < -0.3 is 10.1 Å². The number of benzene rings is 2. The van der Waals surface area contributed by atoms with Gasteiger partial charge in [0.05, 0.1) is 24.3 Å². The Morgan fingerprint density at radius 2 is 1.87 bits per heavy atom. The summed E-state index contributed by atoms with van der Waals surface area (Å²) < 4.78 is 31.4. The van der Waals surface area contributed by atoms with Crippen LogP contribution in [0.2, 0.25) is 0 Å². The summed E-state index contributed by atoms with van der Waals surface area (Å²) in [6, 6.07) is 11.4. The van der Waals surface area contributed by atoms with Crippen molar-refractivity contribution < 1.29 is 22.9 Å². The van der Waals surface area contributed by atoms with Crippen molar-refractivity contribution in [2.45, 2.75) is 32.4 Å². The number of methoxy groups -OCH3 is 1. The molecule has 0 spiro atoms. The number of nitro benzene ring substituents is 1. The lowest BCUT2D eigenvalue weighted by molar-refractivity contribution is -0.384. The molecule has 1 amide bonds. The summed E-state index contributed by atoms with van der Waals surface area (Å²) in [5.41, 5.74) is 0.482. The van der Waals surface area contributed by atoms with Crippen LogP contribution in [0, 0.1) is 10.1 Å². The number of nitrogens with zero attached hydrogens (tertiary/aromatic N) is 2. The number of anilines is 1. The van der Waals surface area contributed by atoms with Gasteiger partial charge in [0.25, 0.3) is 5.69 Å². The van der Waals surface area contributed by atoms with Crippen molar-refractivity contribution in [3.05, 3.63) is 64.2 Å². The minimum atomic E-state index is -3.98. The van der Waals surface area contributed by atoms with E-state index in [-0.39, 0.29) is 29.6 Å². The number of nitro groups is 1. The first kappa shape index (κ1) is 23.1. The molecule has 0 fully saturated rings. The van der Waals surface area contributed by atoms with Crippen LogP contribution in [0.4, 0.5) is 11.4 Å². The fourth-order valence-corrected chi connectivity index (χ4v) is 4.34. The van der Waals surface area contributed by atoms with Crippen molar-refractivity contribution >= 4 is 27.3 Å². The molecule has 0 aliphatic carbocycles. The second-order valence-corrected chi connectivity index (χ2v) is 8.60. The van der Waals surface area contributed by atoms with Gasteiger partial charge in [-0.25, -0.2) is 8.42 Å². The first-order chi connectivity index (χ1) is 14.1. The number of nitrogens with one attached hydrogen (secondary N) is 1. The molecule has 2 unspecified atom stereocenters. The molecule has 0 radical (unpaired) electrons. The van der Waals surface area contributed by atoms with Crippen LogP contribution in [0.3, 0.4) is 0 Å². The number of hydrogen-bond acceptors (Lipinski definition) is 6. The van der Waals surface area contributed by atoms with Gasteiger partial charge in [0.2, 0.25) is 15.9 Å². The largest absolute Gasteiger partial charge is 0.495 e. The molecule has 2 aromatic rings. The van der Waals surface area contributed by atoms with Gasteiger partial charge in [-0.2, -0.15) is 0 Å². The van der Waals surface area contributed by atoms with Crippen LogP contribution >= 0.6 is 0 Å². The van der Waals surface area contributed by atoms with E-state index in [1.807, 2.05) is 30.3 Å². The molecule has 2 aromatic carbocycles. The molecule has 0 saturated heterocycles. The second kappa shape index (κ2) is 9.57. The van der Waals surface area contributed by atoms with Crippen LogP contribution in [0.15, 0.2) is 48.5 Å². The van der Waals surface area contributed by atoms with Crippen LogP contribution in [0.25, 0.3) is 0 Å². The van der Waals surface area contributed by atoms with E-state index in [2.05, 4.69) is 5.32 Å². The number of carbonyl (C=O) groups excluding carboxylic acids is 1. The SMILES string of the molecule is CCC(C(=O)NC(C)c1ccccc1)N(c1cc([N+](=O)[O-])ccc1OC)S(C)(=O)=O. The van der Waals surface area contributed by atoms with E-state index in [1.165, 1.54) is 19.2 Å². The quantitative estimate of drug-likeness (QED) is 0.478. The second-order valence-electron chi connectivity index (χ2n) is 6.74. The first-order valence-corrected chi connectivity index (χ1v) is 11.1. The maximum Gasteiger partial charge on any atom is 0.271 e. The predicted octanol–water partition coefficient (Wildman–Crippen LogP) is 3.03. The maximum atomic E-state index is 13.0. The number of sulfonamides is 1. The molecule has 0 bridgehead atoms. The molecule has 30 heavy (non-hydrogen) atoms. The number of amides is 1. The van der Waals surface area contributed by atoms with Gasteiger partial charge in [0, 0.05) is 12.1 Å². The van der Waals surface area contributed by atoms with Crippen molar-refractivity contribution in [3.63, 3.8) is 0 Å². The molecule has 2 atom stereocenters. The van der Waals surface area contributed by atoms with E-state index in [0.29, 0.717) is 0 Å². The third-order valence-corrected chi connectivity index (χ3v) is 5.76. The van der Waals surface area contributed by atoms with Crippen LogP contribution in [0.5, 0.6) is 5.75 Å². The predicted molar refractivity (Wildman–Crippen MR) is 114 cm³/mol. The Morgan fingerprint density at radius 3 is 2.37 bits per heavy atom. The lowest BCUT2D eigenvalue weighted by Gasteiger charge is -2.31. The van der Waals surface area contributed by atoms with E-state index in [0.717, 1.165) is 22.2 Å². The van der Waals surface area contributed by atoms with E-state index < -0.39 is 26.9 Å². The highest BCUT2D eigenvalue weighted by Gasteiger charge is 2.35. The number of ether oxygens (including phenoxy) is 1. The lowest BCUT2D eigenvalue weighted by atomic mass is 10.1. The van der Waals surface area contributed by atoms with E-state index in [1.54, 1.807) is 13.8 Å². The molecule has 162 valence electrons. The molecule has 9 nitrogen and oxygen atoms in total. The summed E-state index contributed by atoms with van der Waals surface area (Å²) in [6.45, 7) is 3.46. The van der Waals surface area contributed by atoms with Gasteiger partial charge in [-0.05, 0) is 25.0 Å². The Hall–Kier alpha value is -3.14. The number of hydrogen-bond donors (Lipinski definition) is 1. The summed E-state index contributed by atoms with van der Waals surface area (Å²) in [5, 5.41) is 14.0. The van der Waals surface area contributed by atoms with E-state index in [4.69, 9.17) is 4.74 Å². The van der Waals surface area contributed by atoms with Crippen molar-refractivity contribution in [1.82, 2.24) is 5.32 Å². The van der Waals surface area contributed by atoms with Crippen molar-refractivity contribution in [3.8, 4) is 5.75 Å². The van der Waals surface area contributed by atoms with Gasteiger partial charge in [0.1, 0.15) is 17.5 Å². The maximum absolute atomic E-state index is 13.0. The fourth-order valence-electron chi connectivity index (χ4n) is 3.13. The Labute approximate surface area is 175 Å². The molecule has 0 heterocycles. The zero-order valence-corrected chi connectivity index (χ0v) is 18.0. The molecule has 0 aliphatic heterocycles. The first-order valence-electron chi connectivity index (χ1n) is 9.27. The van der Waals surface area contributed by atoms with Crippen LogP contribution in [0.1, 0.15) is 31.9 Å². The minimum Gasteiger partial charge on any atom is -0.495 e. The smallest absolute Gasteiger partial charge is 0.271 e. The summed E-state index contributed by atoms with van der Waals surface area (Å²) >= 11 is 0. The monoisotopic (exact) mass is 435 g/mol. The summed E-state index contributed by atoms with van der Waals surface area (Å²) in [7, 11) is -2.66. The fraction of sp³-hybridized carbons (Fsp3) is 0.350. The van der Waals surface area contributed by atoms with Crippen LogP contribution in [-0.2, 0) is 14.8 Å². The number of carbonyl (C=O) groups is 1. The van der Waals surface area contributed by atoms with Gasteiger partial charge >= 0.3 is 0 Å². The zero-order valence-electron chi connectivity index (χ0n) is 17.2. The summed E-state index contributed by atoms with van der Waals surface area (Å²) in [5.74, 6) is -0.416. The zero-order chi connectivity index (χ0) is 22.5. The summed E-state index contributed by atoms with van der Waals surface area (Å²) in [6.07, 6.45) is 1.09. The highest BCUT2D eigenvalue weighted by molar-refractivity contribution is 7.92. The highest BCUT2D eigenvalue weighted by Crippen LogP contribution is 2.35. The molecular weight excluding hydrogens is 410 g/mol. The molecule has 0 aromatic heterocycles. The Kier molecular flexibility index (Phi) is 7.38. The topological polar surface area (TPSA) is 119 Å². The third-order valence-electron chi connectivity index (χ3n) is 4.60. The Bertz CT molecular complexity index is 1010. The molecular formula is C20H25N3O6S. The van der Waals surface area contributed by atoms with E-state index >= 15 is 0 Å². The van der Waals surface area contributed by atoms with Crippen LogP contribution in [-0.4, -0.2) is 38.7 Å². The van der Waals surface area contributed by atoms with E-state index in [9.17, 15) is 23.3 Å². The Balaban J connectivity index is 2.48. The molecule has 0 aliphatic rings. The van der Waals surface area contributed by atoms with Crippen molar-refractivity contribution in [2.24, 2.45) is 0 Å². The number of non-ortho nitro benzene ring substituents is 1. The highest BCUT2D eigenvalue weighted by atomic mass is 32.2. The minimum absolute atomic E-state index is 0.0661. The molecule has 2 rings (SSSR count). The Morgan fingerprint density at radius 1 is 1.23 bits per heavy atom. The normalized spacial score (nSPS) is 13.2. The summed E-state index contributed by atoms with van der Waals surface area (Å²) in [4.78, 5) is 23.6. The molecule has 0 saturated carbocycles.